The Balaban J connectivity index is 2.63. The summed E-state index contributed by atoms with van der Waals surface area (Å²) in [7, 11) is -0.860. The predicted molar refractivity (Wildman–Crippen MR) is 78.4 cm³/mol. The minimum absolute atomic E-state index is 0.0958. The fourth-order valence-electron chi connectivity index (χ4n) is 1.44. The first-order chi connectivity index (χ1) is 8.71. The number of benzene rings is 1. The average Bonchev–Trinajstić information content (AvgIpc) is 2.39. The van der Waals surface area contributed by atoms with E-state index in [0.29, 0.717) is 18.5 Å². The van der Waals surface area contributed by atoms with Crippen molar-refractivity contribution in [3.05, 3.63) is 35.4 Å². The molecule has 1 rings (SSSR count). The first-order valence-corrected chi connectivity index (χ1v) is 8.41. The summed E-state index contributed by atoms with van der Waals surface area (Å²) in [6, 6.07) is 7.63. The van der Waals surface area contributed by atoms with Gasteiger partial charge in [0.15, 0.2) is 14.2 Å². The molecule has 0 spiro atoms. The maximum Gasteiger partial charge on any atom is 0.175 e. The summed E-state index contributed by atoms with van der Waals surface area (Å²) in [4.78, 5) is 11.5. The molecule has 0 atom stereocenters. The number of hydrogen-bond acceptors (Lipinski definition) is 3. The number of Topliss-reactive ketones (excluding diaryl/α,β-unsaturated/α-hetero) is 1. The highest BCUT2D eigenvalue weighted by molar-refractivity contribution is 9.09. The lowest BCUT2D eigenvalue weighted by atomic mass is 10.1. The van der Waals surface area contributed by atoms with E-state index in [1.54, 1.807) is 0 Å². The Bertz CT molecular complexity index is 361. The Labute approximate surface area is 118 Å². The molecule has 0 N–H and O–H groups in total. The van der Waals surface area contributed by atoms with Crippen LogP contribution in [-0.2, 0) is 15.2 Å². The highest BCUT2D eigenvalue weighted by atomic mass is 79.9. The molecule has 3 nitrogen and oxygen atoms in total. The molecule has 0 amide bonds. The molecule has 0 radical (unpaired) electrons. The molecule has 0 fully saturated rings. The number of carbonyl (C=O) groups excluding carboxylic acids is 1. The summed E-state index contributed by atoms with van der Waals surface area (Å²) >= 11 is 3.17. The monoisotopic (exact) mass is 332 g/mol. The lowest BCUT2D eigenvalue weighted by Crippen LogP contribution is -2.00. The summed E-state index contributed by atoms with van der Waals surface area (Å²) in [5, 5.41) is 0.358. The van der Waals surface area contributed by atoms with E-state index in [0.717, 1.165) is 17.3 Å². The predicted octanol–water partition coefficient (Wildman–Crippen LogP) is 4.15. The van der Waals surface area contributed by atoms with Crippen molar-refractivity contribution < 1.29 is 13.8 Å². The highest BCUT2D eigenvalue weighted by Gasteiger charge is 2.11. The van der Waals surface area contributed by atoms with Crippen molar-refractivity contribution in [3.8, 4) is 0 Å². The Morgan fingerprint density at radius 3 is 2.17 bits per heavy atom. The van der Waals surface area contributed by atoms with Crippen molar-refractivity contribution in [2.45, 2.75) is 20.0 Å². The van der Waals surface area contributed by atoms with Gasteiger partial charge in [0.25, 0.3) is 0 Å². The van der Waals surface area contributed by atoms with Crippen molar-refractivity contribution in [3.63, 3.8) is 0 Å². The maximum absolute atomic E-state index is 11.5. The Hall–Kier alpha value is -0.280. The van der Waals surface area contributed by atoms with Crippen LogP contribution >= 0.6 is 24.3 Å². The highest BCUT2D eigenvalue weighted by Crippen LogP contribution is 2.41. The lowest BCUT2D eigenvalue weighted by molar-refractivity contribution is 0.102. The van der Waals surface area contributed by atoms with Gasteiger partial charge in [-0.3, -0.25) is 4.79 Å². The van der Waals surface area contributed by atoms with Crippen molar-refractivity contribution in [2.24, 2.45) is 0 Å². The third-order valence-electron chi connectivity index (χ3n) is 2.26. The normalized spacial score (nSPS) is 10.9. The minimum atomic E-state index is -0.860. The quantitative estimate of drug-likeness (QED) is 0.407. The SMILES string of the molecule is CCOP(Cc1ccc(C(=O)CBr)cc1)OCC. The molecule has 5 heteroatoms. The Morgan fingerprint density at radius 1 is 1.17 bits per heavy atom. The van der Waals surface area contributed by atoms with Crippen LogP contribution in [0.2, 0.25) is 0 Å². The first kappa shape index (κ1) is 15.8. The van der Waals surface area contributed by atoms with Gasteiger partial charge in [-0.1, -0.05) is 40.2 Å². The van der Waals surface area contributed by atoms with Gasteiger partial charge in [-0.15, -0.1) is 0 Å². The molecule has 0 aromatic heterocycles. The minimum Gasteiger partial charge on any atom is -0.334 e. The van der Waals surface area contributed by atoms with Crippen LogP contribution in [0.1, 0.15) is 29.8 Å². The van der Waals surface area contributed by atoms with Gasteiger partial charge >= 0.3 is 0 Å². The molecule has 18 heavy (non-hydrogen) atoms. The number of halogens is 1. The molecule has 0 aliphatic heterocycles. The number of hydrogen-bond donors (Lipinski definition) is 0. The van der Waals surface area contributed by atoms with Crippen LogP contribution in [0.15, 0.2) is 24.3 Å². The lowest BCUT2D eigenvalue weighted by Gasteiger charge is -2.15. The second-order valence-electron chi connectivity index (χ2n) is 3.58. The van der Waals surface area contributed by atoms with Crippen LogP contribution < -0.4 is 0 Å². The van der Waals surface area contributed by atoms with Gasteiger partial charge in [0.05, 0.1) is 18.5 Å². The van der Waals surface area contributed by atoms with Gasteiger partial charge in [-0.2, -0.15) is 0 Å². The zero-order chi connectivity index (χ0) is 13.4. The van der Waals surface area contributed by atoms with Gasteiger partial charge in [-0.05, 0) is 19.4 Å². The molecule has 0 unspecified atom stereocenters. The van der Waals surface area contributed by atoms with Gasteiger partial charge < -0.3 is 9.05 Å². The maximum atomic E-state index is 11.5. The Morgan fingerprint density at radius 2 is 1.72 bits per heavy atom. The van der Waals surface area contributed by atoms with Gasteiger partial charge in [-0.25, -0.2) is 0 Å². The van der Waals surface area contributed by atoms with Crippen molar-refractivity contribution >= 4 is 30.1 Å². The van der Waals surface area contributed by atoms with Gasteiger partial charge in [0.1, 0.15) is 0 Å². The largest absolute Gasteiger partial charge is 0.334 e. The molecule has 0 aliphatic rings. The van der Waals surface area contributed by atoms with Gasteiger partial charge in [0.2, 0.25) is 0 Å². The van der Waals surface area contributed by atoms with E-state index in [4.69, 9.17) is 9.05 Å². The topological polar surface area (TPSA) is 35.5 Å². The zero-order valence-corrected chi connectivity index (χ0v) is 13.2. The summed E-state index contributed by atoms with van der Waals surface area (Å²) in [5.41, 5.74) is 1.86. The molecule has 0 aliphatic carbocycles. The smallest absolute Gasteiger partial charge is 0.175 e. The van der Waals surface area contributed by atoms with Gasteiger partial charge in [0, 0.05) is 11.7 Å². The van der Waals surface area contributed by atoms with Crippen molar-refractivity contribution in [2.75, 3.05) is 18.5 Å². The van der Waals surface area contributed by atoms with Crippen LogP contribution in [0.3, 0.4) is 0 Å². The second kappa shape index (κ2) is 8.76. The van der Waals surface area contributed by atoms with Crippen LogP contribution in [0.4, 0.5) is 0 Å². The average molecular weight is 333 g/mol. The van der Waals surface area contributed by atoms with E-state index in [9.17, 15) is 4.79 Å². The molecule has 1 aromatic carbocycles. The van der Waals surface area contributed by atoms with Crippen molar-refractivity contribution in [1.29, 1.82) is 0 Å². The van der Waals surface area contributed by atoms with Crippen molar-refractivity contribution in [1.82, 2.24) is 0 Å². The summed E-state index contributed by atoms with van der Waals surface area (Å²) < 4.78 is 11.1. The standard InChI is InChI=1S/C13H18BrO3P/c1-3-16-18(17-4-2)10-11-5-7-12(8-6-11)13(15)9-14/h5-8H,3-4,9-10H2,1-2H3. The van der Waals surface area contributed by atoms with E-state index < -0.39 is 8.38 Å². The number of carbonyl (C=O) groups is 1. The molecular weight excluding hydrogens is 315 g/mol. The van der Waals surface area contributed by atoms with Crippen LogP contribution in [0.25, 0.3) is 0 Å². The van der Waals surface area contributed by atoms with E-state index in [-0.39, 0.29) is 5.78 Å². The Kier molecular flexibility index (Phi) is 7.68. The molecular formula is C13H18BrO3P. The van der Waals surface area contributed by atoms with E-state index in [2.05, 4.69) is 15.9 Å². The third-order valence-corrected chi connectivity index (χ3v) is 4.48. The number of ketones is 1. The van der Waals surface area contributed by atoms with E-state index in [1.807, 2.05) is 38.1 Å². The fraction of sp³-hybridized carbons (Fsp3) is 0.462. The summed E-state index contributed by atoms with van der Waals surface area (Å²) in [5.74, 6) is 0.0958. The third kappa shape index (κ3) is 5.15. The molecule has 0 heterocycles. The van der Waals surface area contributed by atoms with Crippen LogP contribution in [-0.4, -0.2) is 24.3 Å². The van der Waals surface area contributed by atoms with Crippen LogP contribution in [0.5, 0.6) is 0 Å². The molecule has 0 saturated heterocycles. The second-order valence-corrected chi connectivity index (χ2v) is 5.64. The molecule has 0 bridgehead atoms. The first-order valence-electron chi connectivity index (χ1n) is 5.92. The summed E-state index contributed by atoms with van der Waals surface area (Å²) in [6.07, 6.45) is 0.764. The summed E-state index contributed by atoms with van der Waals surface area (Å²) in [6.45, 7) is 5.25. The van der Waals surface area contributed by atoms with E-state index in [1.165, 1.54) is 0 Å². The molecule has 1 aromatic rings. The number of rotatable bonds is 8. The van der Waals surface area contributed by atoms with Crippen LogP contribution in [0, 0.1) is 0 Å². The zero-order valence-electron chi connectivity index (χ0n) is 10.7. The number of alkyl halides is 1. The molecule has 0 saturated carbocycles. The molecule has 100 valence electrons. The van der Waals surface area contributed by atoms with E-state index >= 15 is 0 Å². The fourth-order valence-corrected chi connectivity index (χ4v) is 3.10.